The number of rotatable bonds is 6. The van der Waals surface area contributed by atoms with Crippen molar-refractivity contribution in [2.45, 2.75) is 71.1 Å². The monoisotopic (exact) mass is 377 g/mol. The third-order valence-corrected chi connectivity index (χ3v) is 4.67. The number of azo groups is 1. The van der Waals surface area contributed by atoms with Gasteiger partial charge in [-0.3, -0.25) is 9.89 Å². The van der Waals surface area contributed by atoms with Gasteiger partial charge in [-0.2, -0.15) is 0 Å². The number of aliphatic hydroxyl groups is 1. The summed E-state index contributed by atoms with van der Waals surface area (Å²) in [5.41, 5.74) is -0.292. The molecule has 2 heterocycles. The molecule has 1 unspecified atom stereocenters. The fraction of sp³-hybridized carbons (Fsp3) is 0.667. The van der Waals surface area contributed by atoms with Crippen LogP contribution in [0.1, 0.15) is 77.2 Å². The summed E-state index contributed by atoms with van der Waals surface area (Å²) in [6.07, 6.45) is 2.70. The van der Waals surface area contributed by atoms with E-state index in [1.807, 2.05) is 20.8 Å². The molecule has 2 N–H and O–H groups in total. The molecule has 0 aliphatic heterocycles. The van der Waals surface area contributed by atoms with E-state index >= 15 is 0 Å². The number of hydrogen-bond acceptors (Lipinski definition) is 7. The van der Waals surface area contributed by atoms with Crippen molar-refractivity contribution in [3.8, 4) is 0 Å². The highest BCUT2D eigenvalue weighted by atomic mass is 16.6. The van der Waals surface area contributed by atoms with E-state index < -0.39 is 6.29 Å². The number of hydrogen-bond donors (Lipinski definition) is 2. The lowest BCUT2D eigenvalue weighted by molar-refractivity contribution is -0.101. The Labute approximate surface area is 157 Å². The molecule has 148 valence electrons. The third kappa shape index (κ3) is 4.19. The summed E-state index contributed by atoms with van der Waals surface area (Å²) in [6.45, 7) is 8.05. The molecule has 0 spiro atoms. The molecule has 2 aromatic heterocycles. The zero-order valence-corrected chi connectivity index (χ0v) is 16.2. The second-order valence-electron chi connectivity index (χ2n) is 7.79. The molecule has 0 bridgehead atoms. The molecule has 3 rings (SSSR count). The van der Waals surface area contributed by atoms with E-state index in [0.29, 0.717) is 12.4 Å². The van der Waals surface area contributed by atoms with Crippen LogP contribution in [-0.2, 0) is 10.2 Å². The van der Waals surface area contributed by atoms with Crippen LogP contribution in [-0.4, -0.2) is 26.7 Å². The molecule has 2 aromatic rings. The normalized spacial score (nSPS) is 17.2. The predicted octanol–water partition coefficient (Wildman–Crippen LogP) is 4.02. The minimum Gasteiger partial charge on any atom is -0.363 e. The van der Waals surface area contributed by atoms with Crippen molar-refractivity contribution in [1.29, 1.82) is 0 Å². The first-order valence-electron chi connectivity index (χ1n) is 9.34. The van der Waals surface area contributed by atoms with Crippen LogP contribution in [0.25, 0.3) is 0 Å². The summed E-state index contributed by atoms with van der Waals surface area (Å²) < 4.78 is 12.0. The lowest BCUT2D eigenvalue weighted by Gasteiger charge is -2.11. The van der Waals surface area contributed by atoms with Gasteiger partial charge in [-0.15, -0.1) is 10.2 Å². The number of nitrogens with one attached hydrogen (secondary N) is 1. The summed E-state index contributed by atoms with van der Waals surface area (Å²) in [4.78, 5) is 12.8. The largest absolute Gasteiger partial charge is 0.363 e. The smallest absolute Gasteiger partial charge is 0.295 e. The van der Waals surface area contributed by atoms with Gasteiger partial charge in [0.05, 0.1) is 6.04 Å². The number of H-pyrrole nitrogens is 1. The van der Waals surface area contributed by atoms with E-state index in [4.69, 9.17) is 9.26 Å². The summed E-state index contributed by atoms with van der Waals surface area (Å²) in [5.74, 6) is 0.938. The Bertz CT molecular complexity index is 852. The van der Waals surface area contributed by atoms with E-state index in [1.165, 1.54) is 4.68 Å². The maximum atomic E-state index is 12.8. The molecular weight excluding hydrogens is 350 g/mol. The van der Waals surface area contributed by atoms with Gasteiger partial charge in [0.25, 0.3) is 5.56 Å². The van der Waals surface area contributed by atoms with Crippen LogP contribution in [0.5, 0.6) is 0 Å². The van der Waals surface area contributed by atoms with E-state index in [9.17, 15) is 9.90 Å². The van der Waals surface area contributed by atoms with Crippen molar-refractivity contribution < 1.29 is 14.4 Å². The molecule has 0 aromatic carbocycles. The van der Waals surface area contributed by atoms with Gasteiger partial charge < -0.3 is 14.4 Å². The molecule has 9 heteroatoms. The van der Waals surface area contributed by atoms with Crippen molar-refractivity contribution in [3.05, 3.63) is 27.9 Å². The van der Waals surface area contributed by atoms with Gasteiger partial charge in [0.2, 0.25) is 5.82 Å². The molecule has 1 fully saturated rings. The highest BCUT2D eigenvalue weighted by molar-refractivity contribution is 5.41. The standard InChI is InChI=1S/C18H27N5O4/c1-5-26-17(25)15-14(16(24)23(21-15)11-8-6-7-9-11)20-19-13-10-12(27-22-13)18(2,3)4/h10-11,17,21,25H,5-9H2,1-4H3. The van der Waals surface area contributed by atoms with E-state index in [0.717, 1.165) is 25.7 Å². The molecule has 1 aliphatic rings. The van der Waals surface area contributed by atoms with Crippen molar-refractivity contribution >= 4 is 11.5 Å². The van der Waals surface area contributed by atoms with Crippen molar-refractivity contribution in [1.82, 2.24) is 14.9 Å². The number of aromatic amines is 1. The van der Waals surface area contributed by atoms with Crippen LogP contribution in [0.4, 0.5) is 11.5 Å². The Morgan fingerprint density at radius 3 is 2.70 bits per heavy atom. The summed E-state index contributed by atoms with van der Waals surface area (Å²) in [5, 5.41) is 25.2. The van der Waals surface area contributed by atoms with Gasteiger partial charge in [0.1, 0.15) is 11.5 Å². The number of nitrogens with zero attached hydrogens (tertiary/aromatic N) is 4. The van der Waals surface area contributed by atoms with Crippen LogP contribution in [0.2, 0.25) is 0 Å². The van der Waals surface area contributed by atoms with Crippen molar-refractivity contribution in [2.75, 3.05) is 6.61 Å². The van der Waals surface area contributed by atoms with Gasteiger partial charge >= 0.3 is 0 Å². The fourth-order valence-corrected chi connectivity index (χ4v) is 3.16. The average molecular weight is 377 g/mol. The number of ether oxygens (including phenoxy) is 1. The SMILES string of the molecule is CCOC(O)c1[nH]n(C2CCCC2)c(=O)c1N=Nc1cc(C(C)(C)C)on1. The minimum absolute atomic E-state index is 0.0307. The summed E-state index contributed by atoms with van der Waals surface area (Å²) in [6, 6.07) is 1.76. The van der Waals surface area contributed by atoms with Crippen molar-refractivity contribution in [2.24, 2.45) is 10.2 Å². The highest BCUT2D eigenvalue weighted by Gasteiger charge is 2.27. The van der Waals surface area contributed by atoms with E-state index in [1.54, 1.807) is 13.0 Å². The number of aromatic nitrogens is 3. The minimum atomic E-state index is -1.28. The first kappa shape index (κ1) is 19.5. The molecular formula is C18H27N5O4. The molecule has 27 heavy (non-hydrogen) atoms. The van der Waals surface area contributed by atoms with Crippen molar-refractivity contribution in [3.63, 3.8) is 0 Å². The van der Waals surface area contributed by atoms with Gasteiger partial charge in [-0.05, 0) is 19.8 Å². The molecule has 1 saturated carbocycles. The van der Waals surface area contributed by atoms with E-state index in [-0.39, 0.29) is 34.2 Å². The Kier molecular flexibility index (Phi) is 5.61. The molecule has 0 amide bonds. The quantitative estimate of drug-likeness (QED) is 0.582. The average Bonchev–Trinajstić information content (AvgIpc) is 3.32. The van der Waals surface area contributed by atoms with Crippen LogP contribution in [0.3, 0.4) is 0 Å². The van der Waals surface area contributed by atoms with Gasteiger partial charge in [0.15, 0.2) is 12.0 Å². The Morgan fingerprint density at radius 1 is 1.41 bits per heavy atom. The lowest BCUT2D eigenvalue weighted by atomic mass is 9.93. The van der Waals surface area contributed by atoms with Crippen LogP contribution in [0.15, 0.2) is 25.6 Å². The fourth-order valence-electron chi connectivity index (χ4n) is 3.16. The predicted molar refractivity (Wildman–Crippen MR) is 98.5 cm³/mol. The van der Waals surface area contributed by atoms with Crippen LogP contribution in [0, 0.1) is 0 Å². The third-order valence-electron chi connectivity index (χ3n) is 4.67. The molecule has 9 nitrogen and oxygen atoms in total. The Balaban J connectivity index is 1.94. The Morgan fingerprint density at radius 2 is 2.11 bits per heavy atom. The summed E-state index contributed by atoms with van der Waals surface area (Å²) >= 11 is 0. The highest BCUT2D eigenvalue weighted by Crippen LogP contribution is 2.31. The van der Waals surface area contributed by atoms with E-state index in [2.05, 4.69) is 20.5 Å². The molecule has 0 radical (unpaired) electrons. The Hall–Kier alpha value is -2.26. The first-order valence-corrected chi connectivity index (χ1v) is 9.34. The second kappa shape index (κ2) is 7.77. The van der Waals surface area contributed by atoms with Gasteiger partial charge in [-0.25, -0.2) is 4.68 Å². The second-order valence-corrected chi connectivity index (χ2v) is 7.79. The van der Waals surface area contributed by atoms with Gasteiger partial charge in [0, 0.05) is 18.1 Å². The molecule has 1 aliphatic carbocycles. The zero-order valence-electron chi connectivity index (χ0n) is 16.2. The van der Waals surface area contributed by atoms with Crippen LogP contribution < -0.4 is 5.56 Å². The van der Waals surface area contributed by atoms with Gasteiger partial charge in [-0.1, -0.05) is 38.8 Å². The zero-order chi connectivity index (χ0) is 19.6. The lowest BCUT2D eigenvalue weighted by Crippen LogP contribution is -2.20. The molecule has 1 atom stereocenters. The summed E-state index contributed by atoms with van der Waals surface area (Å²) in [7, 11) is 0. The first-order chi connectivity index (χ1) is 12.8. The van der Waals surface area contributed by atoms with Crippen LogP contribution >= 0.6 is 0 Å². The topological polar surface area (TPSA) is 118 Å². The number of aliphatic hydroxyl groups excluding tert-OH is 1. The molecule has 0 saturated heterocycles. The maximum Gasteiger partial charge on any atom is 0.295 e. The maximum absolute atomic E-state index is 12.8.